The van der Waals surface area contributed by atoms with E-state index in [9.17, 15) is 4.79 Å². The molecule has 5 nitrogen and oxygen atoms in total. The lowest BCUT2D eigenvalue weighted by Crippen LogP contribution is -2.12. The number of thiazole rings is 1. The van der Waals surface area contributed by atoms with Crippen molar-refractivity contribution in [1.82, 2.24) is 14.8 Å². The summed E-state index contributed by atoms with van der Waals surface area (Å²) < 4.78 is 1.86. The number of benzene rings is 1. The number of aryl methyl sites for hydroxylation is 3. The van der Waals surface area contributed by atoms with Crippen LogP contribution in [0.2, 0.25) is 0 Å². The lowest BCUT2D eigenvalue weighted by molar-refractivity contribution is -0.116. The second-order valence-corrected chi connectivity index (χ2v) is 7.22. The minimum atomic E-state index is 0.00858. The number of hydrogen-bond acceptors (Lipinski definition) is 4. The van der Waals surface area contributed by atoms with E-state index in [1.54, 1.807) is 11.3 Å². The molecule has 0 spiro atoms. The molecule has 0 unspecified atom stereocenters. The normalized spacial score (nSPS) is 10.9. The Kier molecular flexibility index (Phi) is 4.99. The van der Waals surface area contributed by atoms with E-state index in [0.717, 1.165) is 38.9 Å². The second kappa shape index (κ2) is 7.19. The molecule has 25 heavy (non-hydrogen) atoms. The number of amides is 1. The van der Waals surface area contributed by atoms with Gasteiger partial charge in [-0.15, -0.1) is 11.3 Å². The van der Waals surface area contributed by atoms with Crippen molar-refractivity contribution in [3.63, 3.8) is 0 Å². The fraction of sp³-hybridized carbons (Fsp3) is 0.316. The topological polar surface area (TPSA) is 59.8 Å². The molecule has 0 bridgehead atoms. The quantitative estimate of drug-likeness (QED) is 0.752. The third kappa shape index (κ3) is 3.96. The van der Waals surface area contributed by atoms with E-state index in [4.69, 9.17) is 0 Å². The largest absolute Gasteiger partial charge is 0.326 e. The first kappa shape index (κ1) is 17.4. The van der Waals surface area contributed by atoms with Crippen molar-refractivity contribution >= 4 is 22.9 Å². The maximum atomic E-state index is 12.3. The van der Waals surface area contributed by atoms with Crippen molar-refractivity contribution in [3.8, 4) is 11.3 Å². The summed E-state index contributed by atoms with van der Waals surface area (Å²) in [5.74, 6) is 0.00858. The monoisotopic (exact) mass is 354 g/mol. The molecule has 0 atom stereocenters. The van der Waals surface area contributed by atoms with Gasteiger partial charge in [0.05, 0.1) is 16.4 Å². The van der Waals surface area contributed by atoms with E-state index < -0.39 is 0 Å². The van der Waals surface area contributed by atoms with E-state index in [1.807, 2.05) is 62.1 Å². The summed E-state index contributed by atoms with van der Waals surface area (Å²) in [6, 6.07) is 7.82. The number of carbonyl (C=O) groups excluding carboxylic acids is 1. The van der Waals surface area contributed by atoms with Crippen LogP contribution < -0.4 is 5.32 Å². The maximum Gasteiger partial charge on any atom is 0.224 e. The predicted molar refractivity (Wildman–Crippen MR) is 102 cm³/mol. The van der Waals surface area contributed by atoms with E-state index in [-0.39, 0.29) is 5.91 Å². The molecule has 1 amide bonds. The van der Waals surface area contributed by atoms with Gasteiger partial charge in [0, 0.05) is 35.8 Å². The highest BCUT2D eigenvalue weighted by molar-refractivity contribution is 7.09. The Morgan fingerprint density at radius 3 is 2.72 bits per heavy atom. The van der Waals surface area contributed by atoms with Gasteiger partial charge in [0.2, 0.25) is 5.91 Å². The van der Waals surface area contributed by atoms with E-state index in [2.05, 4.69) is 15.4 Å². The Balaban J connectivity index is 1.65. The summed E-state index contributed by atoms with van der Waals surface area (Å²) in [4.78, 5) is 16.8. The van der Waals surface area contributed by atoms with Gasteiger partial charge in [-0.3, -0.25) is 9.48 Å². The Labute approximate surface area is 151 Å². The summed E-state index contributed by atoms with van der Waals surface area (Å²) in [5, 5.41) is 10.4. The summed E-state index contributed by atoms with van der Waals surface area (Å²) in [5.41, 5.74) is 6.03. The summed E-state index contributed by atoms with van der Waals surface area (Å²) in [6.45, 7) is 6.01. The molecule has 130 valence electrons. The van der Waals surface area contributed by atoms with Gasteiger partial charge >= 0.3 is 0 Å². The molecule has 0 saturated heterocycles. The Morgan fingerprint density at radius 1 is 1.28 bits per heavy atom. The Bertz CT molecular complexity index is 910. The average molecular weight is 354 g/mol. The minimum Gasteiger partial charge on any atom is -0.326 e. The molecule has 2 aromatic heterocycles. The fourth-order valence-corrected chi connectivity index (χ4v) is 3.52. The second-order valence-electron chi connectivity index (χ2n) is 6.15. The highest BCUT2D eigenvalue weighted by Crippen LogP contribution is 2.24. The van der Waals surface area contributed by atoms with Gasteiger partial charge in [-0.2, -0.15) is 5.10 Å². The molecular formula is C19H22N4OS. The van der Waals surface area contributed by atoms with Gasteiger partial charge in [-0.05, 0) is 44.9 Å². The van der Waals surface area contributed by atoms with E-state index in [1.165, 1.54) is 0 Å². The number of nitrogens with one attached hydrogen (secondary N) is 1. The molecule has 1 aromatic carbocycles. The molecule has 6 heteroatoms. The van der Waals surface area contributed by atoms with Crippen molar-refractivity contribution in [2.24, 2.45) is 7.05 Å². The highest BCUT2D eigenvalue weighted by atomic mass is 32.1. The molecule has 3 rings (SSSR count). The molecule has 0 aliphatic carbocycles. The van der Waals surface area contributed by atoms with Crippen LogP contribution in [-0.2, 0) is 18.3 Å². The smallest absolute Gasteiger partial charge is 0.224 e. The third-order valence-electron chi connectivity index (χ3n) is 4.32. The zero-order chi connectivity index (χ0) is 18.0. The van der Waals surface area contributed by atoms with Gasteiger partial charge in [-0.1, -0.05) is 12.1 Å². The van der Waals surface area contributed by atoms with Gasteiger partial charge < -0.3 is 5.32 Å². The molecule has 0 radical (unpaired) electrons. The zero-order valence-corrected chi connectivity index (χ0v) is 15.8. The molecule has 3 aromatic rings. The van der Waals surface area contributed by atoms with Crippen LogP contribution in [0.4, 0.5) is 5.69 Å². The summed E-state index contributed by atoms with van der Waals surface area (Å²) >= 11 is 1.62. The molecule has 0 aliphatic heterocycles. The number of hydrogen-bond donors (Lipinski definition) is 1. The van der Waals surface area contributed by atoms with Crippen LogP contribution in [0.3, 0.4) is 0 Å². The molecule has 1 N–H and O–H groups in total. The number of carbonyl (C=O) groups is 1. The first-order chi connectivity index (χ1) is 11.9. The Hall–Kier alpha value is -2.47. The first-order valence-corrected chi connectivity index (χ1v) is 9.13. The van der Waals surface area contributed by atoms with Gasteiger partial charge in [0.15, 0.2) is 0 Å². The lowest BCUT2D eigenvalue weighted by Gasteiger charge is -2.07. The average Bonchev–Trinajstić information content (AvgIpc) is 3.10. The van der Waals surface area contributed by atoms with Crippen molar-refractivity contribution in [1.29, 1.82) is 0 Å². The number of anilines is 1. The lowest BCUT2D eigenvalue weighted by atomic mass is 10.1. The number of nitrogens with zero attached hydrogens (tertiary/aromatic N) is 3. The van der Waals surface area contributed by atoms with Crippen LogP contribution in [0.5, 0.6) is 0 Å². The highest BCUT2D eigenvalue weighted by Gasteiger charge is 2.12. The fourth-order valence-electron chi connectivity index (χ4n) is 2.89. The molecule has 0 fully saturated rings. The van der Waals surface area contributed by atoms with Crippen molar-refractivity contribution in [2.45, 2.75) is 33.6 Å². The van der Waals surface area contributed by atoms with Crippen LogP contribution in [0, 0.1) is 20.8 Å². The Morgan fingerprint density at radius 2 is 2.08 bits per heavy atom. The van der Waals surface area contributed by atoms with Crippen molar-refractivity contribution in [3.05, 3.63) is 51.6 Å². The number of aromatic nitrogens is 3. The standard InChI is InChI=1S/C19H22N4OS/c1-12-17(13(2)23(4)22-12)8-9-19(24)21-16-7-5-6-15(10-16)18-11-25-14(3)20-18/h5-7,10-11H,8-9H2,1-4H3,(H,21,24). The van der Waals surface area contributed by atoms with Crippen LogP contribution in [0.15, 0.2) is 29.6 Å². The zero-order valence-electron chi connectivity index (χ0n) is 15.0. The molecule has 2 heterocycles. The molecular weight excluding hydrogens is 332 g/mol. The van der Waals surface area contributed by atoms with Crippen LogP contribution in [0.25, 0.3) is 11.3 Å². The molecule has 0 aliphatic rings. The van der Waals surface area contributed by atoms with Crippen LogP contribution in [0.1, 0.15) is 28.4 Å². The predicted octanol–water partition coefficient (Wildman–Crippen LogP) is 4.04. The minimum absolute atomic E-state index is 0.00858. The van der Waals surface area contributed by atoms with Crippen molar-refractivity contribution < 1.29 is 4.79 Å². The van der Waals surface area contributed by atoms with Gasteiger partial charge in [-0.25, -0.2) is 4.98 Å². The van der Waals surface area contributed by atoms with Gasteiger partial charge in [0.25, 0.3) is 0 Å². The van der Waals surface area contributed by atoms with Gasteiger partial charge in [0.1, 0.15) is 0 Å². The SMILES string of the molecule is Cc1nc(-c2cccc(NC(=O)CCc3c(C)nn(C)c3C)c2)cs1. The summed E-state index contributed by atoms with van der Waals surface area (Å²) in [6.07, 6.45) is 1.13. The maximum absolute atomic E-state index is 12.3. The number of rotatable bonds is 5. The van der Waals surface area contributed by atoms with Crippen LogP contribution in [-0.4, -0.2) is 20.7 Å². The van der Waals surface area contributed by atoms with Crippen molar-refractivity contribution in [2.75, 3.05) is 5.32 Å². The third-order valence-corrected chi connectivity index (χ3v) is 5.10. The molecule has 0 saturated carbocycles. The summed E-state index contributed by atoms with van der Waals surface area (Å²) in [7, 11) is 1.93. The van der Waals surface area contributed by atoms with Crippen LogP contribution >= 0.6 is 11.3 Å². The van der Waals surface area contributed by atoms with E-state index in [0.29, 0.717) is 12.8 Å². The first-order valence-electron chi connectivity index (χ1n) is 8.25. The van der Waals surface area contributed by atoms with E-state index >= 15 is 0 Å².